The number of hydrogen-bond donors (Lipinski definition) is 0. The summed E-state index contributed by atoms with van der Waals surface area (Å²) in [4.78, 5) is 12.3. The fraction of sp³-hybridized carbons (Fsp3) is 0.0500. The molecule has 3 aromatic carbocycles. The Balaban J connectivity index is 1.84. The van der Waals surface area contributed by atoms with E-state index in [-0.39, 0.29) is 11.5 Å². The number of ketones is 1. The number of fused-ring (bicyclic) bond motifs is 1. The lowest BCUT2D eigenvalue weighted by Gasteiger charge is -2.07. The fourth-order valence-electron chi connectivity index (χ4n) is 2.43. The molecule has 2 nitrogen and oxygen atoms in total. The van der Waals surface area contributed by atoms with Gasteiger partial charge in [0, 0.05) is 11.1 Å². The van der Waals surface area contributed by atoms with E-state index in [4.69, 9.17) is 0 Å². The summed E-state index contributed by atoms with van der Waals surface area (Å²) in [6, 6.07) is 19.5. The first-order valence-electron chi connectivity index (χ1n) is 7.38. The number of ether oxygens (including phenoxy) is 1. The van der Waals surface area contributed by atoms with Gasteiger partial charge in [-0.2, -0.15) is 8.78 Å². The van der Waals surface area contributed by atoms with Crippen LogP contribution < -0.4 is 4.74 Å². The first kappa shape index (κ1) is 15.9. The zero-order valence-electron chi connectivity index (χ0n) is 12.7. The highest BCUT2D eigenvalue weighted by atomic mass is 19.3. The predicted molar refractivity (Wildman–Crippen MR) is 90.4 cm³/mol. The van der Waals surface area contributed by atoms with Crippen molar-refractivity contribution in [3.8, 4) is 5.75 Å². The Morgan fingerprint density at radius 3 is 2.42 bits per heavy atom. The summed E-state index contributed by atoms with van der Waals surface area (Å²) in [6.45, 7) is -2.91. The van der Waals surface area contributed by atoms with Gasteiger partial charge in [-0.3, -0.25) is 4.79 Å². The fourth-order valence-corrected chi connectivity index (χ4v) is 2.43. The van der Waals surface area contributed by atoms with Gasteiger partial charge in [0.15, 0.2) is 5.78 Å². The van der Waals surface area contributed by atoms with Gasteiger partial charge in [0.1, 0.15) is 5.75 Å². The molecule has 120 valence electrons. The van der Waals surface area contributed by atoms with Gasteiger partial charge in [0.2, 0.25) is 0 Å². The van der Waals surface area contributed by atoms with Crippen LogP contribution in [0.5, 0.6) is 5.75 Å². The molecular weight excluding hydrogens is 310 g/mol. The molecule has 0 radical (unpaired) electrons. The Labute approximate surface area is 138 Å². The maximum Gasteiger partial charge on any atom is 0.387 e. The Hall–Kier alpha value is -3.01. The minimum absolute atomic E-state index is 0.0371. The SMILES string of the molecule is O=C(/C=C/c1ccccc1OC(F)F)c1ccc2ccccc2c1. The van der Waals surface area contributed by atoms with Crippen LogP contribution in [-0.2, 0) is 0 Å². The summed E-state index contributed by atoms with van der Waals surface area (Å²) in [5, 5.41) is 2.02. The molecule has 0 saturated carbocycles. The Morgan fingerprint density at radius 1 is 0.917 bits per heavy atom. The van der Waals surface area contributed by atoms with E-state index in [0.717, 1.165) is 10.8 Å². The molecule has 0 atom stereocenters. The summed E-state index contributed by atoms with van der Waals surface area (Å²) in [6.07, 6.45) is 2.84. The number of rotatable bonds is 5. The molecule has 0 N–H and O–H groups in total. The van der Waals surface area contributed by atoms with E-state index < -0.39 is 6.61 Å². The molecule has 0 spiro atoms. The quantitative estimate of drug-likeness (QED) is 0.468. The predicted octanol–water partition coefficient (Wildman–Crippen LogP) is 5.34. The summed E-state index contributed by atoms with van der Waals surface area (Å²) in [7, 11) is 0. The molecule has 3 rings (SSSR count). The van der Waals surface area contributed by atoms with Crippen LogP contribution in [0.3, 0.4) is 0 Å². The minimum atomic E-state index is -2.91. The lowest BCUT2D eigenvalue weighted by atomic mass is 10.0. The molecule has 24 heavy (non-hydrogen) atoms. The zero-order chi connectivity index (χ0) is 16.9. The number of halogens is 2. The smallest absolute Gasteiger partial charge is 0.387 e. The Bertz CT molecular complexity index is 901. The minimum Gasteiger partial charge on any atom is -0.434 e. The van der Waals surface area contributed by atoms with Crippen LogP contribution in [0, 0.1) is 0 Å². The van der Waals surface area contributed by atoms with Crippen molar-refractivity contribution in [1.82, 2.24) is 0 Å². The average molecular weight is 324 g/mol. The van der Waals surface area contributed by atoms with E-state index in [9.17, 15) is 13.6 Å². The second-order valence-electron chi connectivity index (χ2n) is 5.18. The van der Waals surface area contributed by atoms with E-state index in [1.54, 1.807) is 24.3 Å². The molecule has 0 saturated heterocycles. The summed E-state index contributed by atoms with van der Waals surface area (Å²) >= 11 is 0. The second kappa shape index (κ2) is 7.04. The van der Waals surface area contributed by atoms with Gasteiger partial charge in [-0.25, -0.2) is 0 Å². The highest BCUT2D eigenvalue weighted by Crippen LogP contribution is 2.22. The van der Waals surface area contributed by atoms with Crippen molar-refractivity contribution < 1.29 is 18.3 Å². The van der Waals surface area contributed by atoms with E-state index >= 15 is 0 Å². The number of benzene rings is 3. The highest BCUT2D eigenvalue weighted by Gasteiger charge is 2.08. The largest absolute Gasteiger partial charge is 0.434 e. The van der Waals surface area contributed by atoms with Crippen LogP contribution in [0.25, 0.3) is 16.8 Å². The maximum absolute atomic E-state index is 12.4. The average Bonchev–Trinajstić information content (AvgIpc) is 2.60. The van der Waals surface area contributed by atoms with Crippen LogP contribution in [0.15, 0.2) is 72.8 Å². The van der Waals surface area contributed by atoms with E-state index in [2.05, 4.69) is 4.74 Å². The third-order valence-electron chi connectivity index (χ3n) is 3.58. The number of alkyl halides is 2. The monoisotopic (exact) mass is 324 g/mol. The van der Waals surface area contributed by atoms with Gasteiger partial charge in [-0.15, -0.1) is 0 Å². The van der Waals surface area contributed by atoms with Gasteiger partial charge in [-0.05, 0) is 35.1 Å². The molecule has 3 aromatic rings. The lowest BCUT2D eigenvalue weighted by molar-refractivity contribution is -0.0499. The molecule has 0 bridgehead atoms. The van der Waals surface area contributed by atoms with Crippen LogP contribution in [0.1, 0.15) is 15.9 Å². The third kappa shape index (κ3) is 3.66. The Kier molecular flexibility index (Phi) is 4.66. The third-order valence-corrected chi connectivity index (χ3v) is 3.58. The normalized spacial score (nSPS) is 11.3. The Morgan fingerprint density at radius 2 is 1.62 bits per heavy atom. The standard InChI is InChI=1S/C20H14F2O2/c21-20(22)24-19-8-4-3-6-15(19)11-12-18(23)17-10-9-14-5-1-2-7-16(14)13-17/h1-13,20H/b12-11+. The second-order valence-corrected chi connectivity index (χ2v) is 5.18. The zero-order valence-corrected chi connectivity index (χ0v) is 12.7. The van der Waals surface area contributed by atoms with Gasteiger partial charge in [0.25, 0.3) is 0 Å². The van der Waals surface area contributed by atoms with Crippen LogP contribution in [-0.4, -0.2) is 12.4 Å². The molecule has 0 heterocycles. The number of allylic oxidation sites excluding steroid dienone is 1. The molecule has 0 aliphatic heterocycles. The van der Waals surface area contributed by atoms with E-state index in [1.807, 2.05) is 36.4 Å². The van der Waals surface area contributed by atoms with Crippen molar-refractivity contribution in [1.29, 1.82) is 0 Å². The maximum atomic E-state index is 12.4. The molecule has 0 aliphatic rings. The van der Waals surface area contributed by atoms with E-state index in [1.165, 1.54) is 18.2 Å². The van der Waals surface area contributed by atoms with Gasteiger partial charge in [0.05, 0.1) is 0 Å². The van der Waals surface area contributed by atoms with Crippen molar-refractivity contribution in [2.75, 3.05) is 0 Å². The van der Waals surface area contributed by atoms with Crippen molar-refractivity contribution in [2.24, 2.45) is 0 Å². The van der Waals surface area contributed by atoms with Crippen molar-refractivity contribution in [3.63, 3.8) is 0 Å². The first-order chi connectivity index (χ1) is 11.6. The molecule has 0 amide bonds. The number of para-hydroxylation sites is 1. The molecule has 0 fully saturated rings. The number of carbonyl (C=O) groups is 1. The molecule has 0 aliphatic carbocycles. The van der Waals surface area contributed by atoms with Crippen molar-refractivity contribution in [2.45, 2.75) is 6.61 Å². The summed E-state index contributed by atoms with van der Waals surface area (Å²) in [5.74, 6) is -0.164. The van der Waals surface area contributed by atoms with Crippen LogP contribution in [0.2, 0.25) is 0 Å². The summed E-state index contributed by atoms with van der Waals surface area (Å²) in [5.41, 5.74) is 0.962. The van der Waals surface area contributed by atoms with Crippen LogP contribution >= 0.6 is 0 Å². The van der Waals surface area contributed by atoms with Crippen molar-refractivity contribution >= 4 is 22.6 Å². The van der Waals surface area contributed by atoms with Gasteiger partial charge >= 0.3 is 6.61 Å². The highest BCUT2D eigenvalue weighted by molar-refractivity contribution is 6.08. The van der Waals surface area contributed by atoms with Crippen molar-refractivity contribution in [3.05, 3.63) is 83.9 Å². The van der Waals surface area contributed by atoms with Gasteiger partial charge in [-0.1, -0.05) is 54.6 Å². The molecule has 4 heteroatoms. The summed E-state index contributed by atoms with van der Waals surface area (Å²) < 4.78 is 29.2. The number of carbonyl (C=O) groups excluding carboxylic acids is 1. The van der Waals surface area contributed by atoms with Crippen LogP contribution in [0.4, 0.5) is 8.78 Å². The molecular formula is C20H14F2O2. The van der Waals surface area contributed by atoms with Gasteiger partial charge < -0.3 is 4.74 Å². The molecule has 0 unspecified atom stereocenters. The lowest BCUT2D eigenvalue weighted by Crippen LogP contribution is -2.03. The topological polar surface area (TPSA) is 26.3 Å². The van der Waals surface area contributed by atoms with E-state index in [0.29, 0.717) is 11.1 Å². The molecule has 0 aromatic heterocycles. The number of hydrogen-bond acceptors (Lipinski definition) is 2. The first-order valence-corrected chi connectivity index (χ1v) is 7.38.